The summed E-state index contributed by atoms with van der Waals surface area (Å²) < 4.78 is 16.7. The lowest BCUT2D eigenvalue weighted by atomic mass is 10.9. The third kappa shape index (κ3) is 11.4. The number of nitrogens with one attached hydrogen (secondary N) is 1. The van der Waals surface area contributed by atoms with Gasteiger partial charge in [0.2, 0.25) is 0 Å². The van der Waals surface area contributed by atoms with Crippen LogP contribution in [0.2, 0.25) is 25.7 Å². The average Bonchev–Trinajstić information content (AvgIpc) is 2.30. The van der Waals surface area contributed by atoms with Crippen LogP contribution in [0.4, 0.5) is 0 Å². The van der Waals surface area contributed by atoms with Gasteiger partial charge in [0, 0.05) is 25.9 Å². The predicted octanol–water partition coefficient (Wildman–Crippen LogP) is 3.10. The van der Waals surface area contributed by atoms with Gasteiger partial charge in [0.25, 0.3) is 0 Å². The Morgan fingerprint density at radius 3 is 1.17 bits per heavy atom. The van der Waals surface area contributed by atoms with Gasteiger partial charge < -0.3 is 18.3 Å². The minimum atomic E-state index is -2.27. The number of hydrogen-bond donors (Lipinski definition) is 1. The van der Waals surface area contributed by atoms with E-state index in [1.807, 2.05) is 34.7 Å². The molecule has 0 rings (SSSR count). The van der Waals surface area contributed by atoms with Crippen LogP contribution in [-0.4, -0.2) is 43.9 Å². The Bertz CT molecular complexity index is 170. The van der Waals surface area contributed by atoms with Crippen LogP contribution in [0.15, 0.2) is 0 Å². The van der Waals surface area contributed by atoms with Gasteiger partial charge in [-0.15, -0.1) is 0 Å². The van der Waals surface area contributed by atoms with Gasteiger partial charge >= 0.3 is 8.80 Å². The van der Waals surface area contributed by atoms with Crippen LogP contribution >= 0.6 is 0 Å². The fourth-order valence-corrected chi connectivity index (χ4v) is 3.27. The van der Waals surface area contributed by atoms with E-state index in [0.717, 1.165) is 6.04 Å². The molecule has 0 bridgehead atoms. The Kier molecular flexibility index (Phi) is 12.7. The molecule has 18 heavy (non-hydrogen) atoms. The molecule has 0 fully saturated rings. The lowest BCUT2D eigenvalue weighted by molar-refractivity contribution is 0.0725. The summed E-state index contributed by atoms with van der Waals surface area (Å²) in [5.41, 5.74) is 0. The zero-order chi connectivity index (χ0) is 14.7. The molecule has 0 aliphatic heterocycles. The Morgan fingerprint density at radius 2 is 1.06 bits per heavy atom. The Morgan fingerprint density at radius 1 is 0.778 bits per heavy atom. The fraction of sp³-hybridized carbons (Fsp3) is 1.00. The molecule has 0 aliphatic rings. The molecule has 0 aromatic rings. The van der Waals surface area contributed by atoms with Crippen LogP contribution < -0.4 is 4.98 Å². The third-order valence-electron chi connectivity index (χ3n) is 2.28. The quantitative estimate of drug-likeness (QED) is 0.699. The molecule has 112 valence electrons. The van der Waals surface area contributed by atoms with Crippen LogP contribution in [-0.2, 0) is 13.3 Å². The SMILES string of the molecule is CCO[Si](CC)(OCC)OCC.CN[Si](C)(C)C. The second-order valence-electron chi connectivity index (χ2n) is 4.84. The molecular weight excluding hydrogens is 262 g/mol. The first-order valence-electron chi connectivity index (χ1n) is 6.91. The Hall–Kier alpha value is 0.274. The Labute approximate surface area is 116 Å². The highest BCUT2D eigenvalue weighted by Crippen LogP contribution is 2.14. The van der Waals surface area contributed by atoms with Gasteiger partial charge in [-0.3, -0.25) is 0 Å². The molecule has 0 amide bonds. The molecule has 0 aromatic heterocycles. The van der Waals surface area contributed by atoms with E-state index in [1.165, 1.54) is 0 Å². The zero-order valence-electron chi connectivity index (χ0n) is 13.6. The summed E-state index contributed by atoms with van der Waals surface area (Å²) in [6, 6.07) is 0.850. The molecule has 0 saturated carbocycles. The van der Waals surface area contributed by atoms with Crippen LogP contribution in [0.1, 0.15) is 27.7 Å². The van der Waals surface area contributed by atoms with Crippen molar-refractivity contribution in [1.82, 2.24) is 4.98 Å². The maximum absolute atomic E-state index is 5.55. The highest BCUT2D eigenvalue weighted by molar-refractivity contribution is 6.73. The summed E-state index contributed by atoms with van der Waals surface area (Å²) in [5.74, 6) is 0. The maximum atomic E-state index is 5.55. The molecule has 4 nitrogen and oxygen atoms in total. The molecule has 0 radical (unpaired) electrons. The van der Waals surface area contributed by atoms with Gasteiger partial charge in [0.15, 0.2) is 0 Å². The maximum Gasteiger partial charge on any atom is 0.500 e. The van der Waals surface area contributed by atoms with Gasteiger partial charge in [0.1, 0.15) is 8.24 Å². The van der Waals surface area contributed by atoms with Crippen LogP contribution in [0, 0.1) is 0 Å². The first-order valence-corrected chi connectivity index (χ1v) is 12.3. The first-order chi connectivity index (χ1) is 8.30. The summed E-state index contributed by atoms with van der Waals surface area (Å²) in [5, 5.41) is 0. The molecular formula is C12H33NO3Si2. The van der Waals surface area contributed by atoms with Crippen molar-refractivity contribution in [3.63, 3.8) is 0 Å². The summed E-state index contributed by atoms with van der Waals surface area (Å²) in [4.78, 5) is 3.24. The van der Waals surface area contributed by atoms with Crippen molar-refractivity contribution in [1.29, 1.82) is 0 Å². The minimum absolute atomic E-state index is 0.667. The predicted molar refractivity (Wildman–Crippen MR) is 83.5 cm³/mol. The summed E-state index contributed by atoms with van der Waals surface area (Å²) >= 11 is 0. The van der Waals surface area contributed by atoms with E-state index in [4.69, 9.17) is 13.3 Å². The smallest absolute Gasteiger partial charge is 0.374 e. The van der Waals surface area contributed by atoms with E-state index >= 15 is 0 Å². The van der Waals surface area contributed by atoms with Crippen molar-refractivity contribution in [3.8, 4) is 0 Å². The second-order valence-corrected chi connectivity index (χ2v) is 12.8. The molecule has 0 saturated heterocycles. The molecule has 0 unspecified atom stereocenters. The van der Waals surface area contributed by atoms with Crippen molar-refractivity contribution >= 4 is 17.0 Å². The third-order valence-corrected chi connectivity index (χ3v) is 6.83. The van der Waals surface area contributed by atoms with Crippen molar-refractivity contribution in [2.45, 2.75) is 53.4 Å². The van der Waals surface area contributed by atoms with E-state index in [2.05, 4.69) is 24.6 Å². The lowest BCUT2D eigenvalue weighted by Crippen LogP contribution is -2.45. The highest BCUT2D eigenvalue weighted by atomic mass is 28.4. The lowest BCUT2D eigenvalue weighted by Gasteiger charge is -2.26. The largest absolute Gasteiger partial charge is 0.500 e. The topological polar surface area (TPSA) is 39.7 Å². The normalized spacial score (nSPS) is 12.0. The monoisotopic (exact) mass is 295 g/mol. The van der Waals surface area contributed by atoms with Crippen LogP contribution in [0.25, 0.3) is 0 Å². The molecule has 0 heterocycles. The van der Waals surface area contributed by atoms with Crippen LogP contribution in [0.5, 0.6) is 0 Å². The standard InChI is InChI=1S/C8H20O3Si.C4H13NSi/c1-5-9-12(8-4,10-6-2)11-7-3;1-5-6(2,3)4/h5-8H2,1-4H3;5H,1-4H3. The number of hydrogen-bond acceptors (Lipinski definition) is 4. The summed E-state index contributed by atoms with van der Waals surface area (Å²) in [6.45, 7) is 16.8. The molecule has 6 heteroatoms. The van der Waals surface area contributed by atoms with Crippen molar-refractivity contribution in [3.05, 3.63) is 0 Å². The molecule has 0 spiro atoms. The van der Waals surface area contributed by atoms with Gasteiger partial charge in [-0.05, 0) is 27.8 Å². The fourth-order valence-electron chi connectivity index (χ4n) is 1.09. The van der Waals surface area contributed by atoms with Crippen molar-refractivity contribution < 1.29 is 13.3 Å². The van der Waals surface area contributed by atoms with E-state index in [-0.39, 0.29) is 0 Å². The molecule has 1 N–H and O–H groups in total. The zero-order valence-corrected chi connectivity index (χ0v) is 15.6. The molecule has 0 aliphatic carbocycles. The second kappa shape index (κ2) is 11.1. The van der Waals surface area contributed by atoms with Crippen LogP contribution in [0.3, 0.4) is 0 Å². The first kappa shape index (κ1) is 20.6. The van der Waals surface area contributed by atoms with Gasteiger partial charge in [-0.1, -0.05) is 26.6 Å². The number of rotatable bonds is 8. The molecule has 0 atom stereocenters. The van der Waals surface area contributed by atoms with Gasteiger partial charge in [-0.25, -0.2) is 0 Å². The van der Waals surface area contributed by atoms with Crippen molar-refractivity contribution in [2.75, 3.05) is 26.9 Å². The van der Waals surface area contributed by atoms with E-state index in [1.54, 1.807) is 0 Å². The van der Waals surface area contributed by atoms with Crippen molar-refractivity contribution in [2.24, 2.45) is 0 Å². The van der Waals surface area contributed by atoms with Gasteiger partial charge in [0.05, 0.1) is 0 Å². The van der Waals surface area contributed by atoms with Gasteiger partial charge in [-0.2, -0.15) is 0 Å². The Balaban J connectivity index is 0. The van der Waals surface area contributed by atoms with E-state index in [0.29, 0.717) is 19.8 Å². The summed E-state index contributed by atoms with van der Waals surface area (Å²) in [7, 11) is -1.13. The molecule has 0 aromatic carbocycles. The summed E-state index contributed by atoms with van der Waals surface area (Å²) in [6.07, 6.45) is 0. The van der Waals surface area contributed by atoms with E-state index < -0.39 is 17.0 Å². The average molecular weight is 296 g/mol. The highest BCUT2D eigenvalue weighted by Gasteiger charge is 2.37. The minimum Gasteiger partial charge on any atom is -0.374 e. The van der Waals surface area contributed by atoms with E-state index in [9.17, 15) is 0 Å².